The van der Waals surface area contributed by atoms with Crippen molar-refractivity contribution in [1.29, 1.82) is 0 Å². The Morgan fingerprint density at radius 1 is 1.00 bits per heavy atom. The van der Waals surface area contributed by atoms with E-state index in [4.69, 9.17) is 4.74 Å². The summed E-state index contributed by atoms with van der Waals surface area (Å²) in [5, 5.41) is 11.6. The third-order valence-electron chi connectivity index (χ3n) is 3.87. The van der Waals surface area contributed by atoms with Crippen molar-refractivity contribution in [3.63, 3.8) is 0 Å². The largest absolute Gasteiger partial charge is 0.494 e. The van der Waals surface area contributed by atoms with Crippen LogP contribution in [0, 0.1) is 0 Å². The molecule has 0 saturated carbocycles. The molecule has 0 atom stereocenters. The van der Waals surface area contributed by atoms with Crippen LogP contribution in [0.25, 0.3) is 0 Å². The zero-order valence-electron chi connectivity index (χ0n) is 13.5. The minimum Gasteiger partial charge on any atom is -0.494 e. The van der Waals surface area contributed by atoms with Gasteiger partial charge in [-0.1, -0.05) is 12.1 Å². The Hall–Kier alpha value is -2.60. The molecule has 6 heteroatoms. The molecule has 6 nitrogen and oxygen atoms in total. The summed E-state index contributed by atoms with van der Waals surface area (Å²) in [6.07, 6.45) is 6.94. The van der Waals surface area contributed by atoms with Gasteiger partial charge in [-0.3, -0.25) is 0 Å². The van der Waals surface area contributed by atoms with Crippen molar-refractivity contribution >= 4 is 0 Å². The maximum Gasteiger partial charge on any atom is 0.206 e. The van der Waals surface area contributed by atoms with Crippen molar-refractivity contribution in [1.82, 2.24) is 19.1 Å². The van der Waals surface area contributed by atoms with Gasteiger partial charge in [0.1, 0.15) is 5.75 Å². The Labute approximate surface area is 135 Å². The molecule has 0 fully saturated rings. The van der Waals surface area contributed by atoms with Gasteiger partial charge in [-0.2, -0.15) is 0 Å². The number of benzene rings is 1. The second kappa shape index (κ2) is 5.89. The maximum absolute atomic E-state index is 11.6. The van der Waals surface area contributed by atoms with Gasteiger partial charge >= 0.3 is 0 Å². The highest BCUT2D eigenvalue weighted by Crippen LogP contribution is 2.35. The molecule has 0 aliphatic rings. The molecule has 0 bridgehead atoms. The minimum absolute atomic E-state index is 0.510. The first-order valence-electron chi connectivity index (χ1n) is 7.48. The number of aromatic nitrogens is 4. The average molecular weight is 312 g/mol. The van der Waals surface area contributed by atoms with E-state index in [0.29, 0.717) is 23.8 Å². The number of hydrogen-bond donors (Lipinski definition) is 1. The van der Waals surface area contributed by atoms with E-state index in [0.717, 1.165) is 5.75 Å². The number of ether oxygens (including phenoxy) is 1. The van der Waals surface area contributed by atoms with Crippen LogP contribution in [-0.4, -0.2) is 30.8 Å². The van der Waals surface area contributed by atoms with Gasteiger partial charge in [0.15, 0.2) is 11.6 Å². The quantitative estimate of drug-likeness (QED) is 0.781. The number of aryl methyl sites for hydroxylation is 2. The van der Waals surface area contributed by atoms with Crippen molar-refractivity contribution in [3.05, 3.63) is 66.3 Å². The van der Waals surface area contributed by atoms with Crippen LogP contribution in [0.4, 0.5) is 0 Å². The molecular weight excluding hydrogens is 292 g/mol. The molecule has 0 spiro atoms. The summed E-state index contributed by atoms with van der Waals surface area (Å²) in [5.41, 5.74) is -0.758. The van der Waals surface area contributed by atoms with Crippen LogP contribution in [0.2, 0.25) is 0 Å². The molecule has 120 valence electrons. The third-order valence-corrected chi connectivity index (χ3v) is 3.87. The molecule has 0 amide bonds. The molecule has 2 aromatic heterocycles. The normalized spacial score (nSPS) is 11.7. The van der Waals surface area contributed by atoms with E-state index in [1.807, 2.05) is 45.3 Å². The van der Waals surface area contributed by atoms with Crippen molar-refractivity contribution < 1.29 is 9.84 Å². The van der Waals surface area contributed by atoms with Crippen LogP contribution >= 0.6 is 0 Å². The summed E-state index contributed by atoms with van der Waals surface area (Å²) in [5.74, 6) is 1.78. The predicted molar refractivity (Wildman–Crippen MR) is 86.1 cm³/mol. The van der Waals surface area contributed by atoms with Crippen LogP contribution in [0.3, 0.4) is 0 Å². The Kier molecular flexibility index (Phi) is 3.92. The van der Waals surface area contributed by atoms with Gasteiger partial charge in [0.25, 0.3) is 0 Å². The molecule has 0 saturated heterocycles. The molecule has 1 N–H and O–H groups in total. The van der Waals surface area contributed by atoms with Gasteiger partial charge in [0, 0.05) is 38.9 Å². The smallest absolute Gasteiger partial charge is 0.206 e. The van der Waals surface area contributed by atoms with E-state index >= 15 is 0 Å². The molecule has 0 aliphatic heterocycles. The monoisotopic (exact) mass is 312 g/mol. The van der Waals surface area contributed by atoms with Crippen molar-refractivity contribution in [2.75, 3.05) is 6.61 Å². The summed E-state index contributed by atoms with van der Waals surface area (Å²) in [6.45, 7) is 2.54. The Bertz CT molecular complexity index is 749. The Morgan fingerprint density at radius 3 is 1.91 bits per heavy atom. The number of hydrogen-bond acceptors (Lipinski definition) is 4. The SMILES string of the molecule is CCOc1ccc(C(O)(c2nccn2C)c2nccn2C)cc1. The van der Waals surface area contributed by atoms with E-state index in [2.05, 4.69) is 9.97 Å². The van der Waals surface area contributed by atoms with Gasteiger partial charge in [-0.05, 0) is 24.6 Å². The number of imidazole rings is 2. The number of rotatable bonds is 5. The fourth-order valence-corrected chi connectivity index (χ4v) is 2.75. The lowest BCUT2D eigenvalue weighted by atomic mass is 9.91. The molecule has 0 unspecified atom stereocenters. The van der Waals surface area contributed by atoms with Crippen LogP contribution in [0.1, 0.15) is 24.1 Å². The number of nitrogens with zero attached hydrogens (tertiary/aromatic N) is 4. The van der Waals surface area contributed by atoms with Gasteiger partial charge in [-0.15, -0.1) is 0 Å². The highest BCUT2D eigenvalue weighted by atomic mass is 16.5. The van der Waals surface area contributed by atoms with E-state index in [9.17, 15) is 5.11 Å². The highest BCUT2D eigenvalue weighted by Gasteiger charge is 2.41. The molecule has 3 rings (SSSR count). The second-order valence-corrected chi connectivity index (χ2v) is 5.39. The van der Waals surface area contributed by atoms with Gasteiger partial charge in [0.05, 0.1) is 6.61 Å². The van der Waals surface area contributed by atoms with Crippen LogP contribution in [-0.2, 0) is 19.7 Å². The Morgan fingerprint density at radius 2 is 1.52 bits per heavy atom. The van der Waals surface area contributed by atoms with Crippen LogP contribution in [0.5, 0.6) is 5.75 Å². The van der Waals surface area contributed by atoms with Crippen LogP contribution < -0.4 is 4.74 Å². The summed E-state index contributed by atoms with van der Waals surface area (Å²) in [6, 6.07) is 7.37. The van der Waals surface area contributed by atoms with E-state index < -0.39 is 5.60 Å². The van der Waals surface area contributed by atoms with Gasteiger partial charge in [-0.25, -0.2) is 9.97 Å². The third kappa shape index (κ3) is 2.51. The summed E-state index contributed by atoms with van der Waals surface area (Å²) >= 11 is 0. The molecule has 2 heterocycles. The average Bonchev–Trinajstić information content (AvgIpc) is 3.16. The lowest BCUT2D eigenvalue weighted by Gasteiger charge is -2.27. The fraction of sp³-hybridized carbons (Fsp3) is 0.294. The topological polar surface area (TPSA) is 65.1 Å². The maximum atomic E-state index is 11.6. The van der Waals surface area contributed by atoms with E-state index in [-0.39, 0.29) is 0 Å². The minimum atomic E-state index is -1.44. The predicted octanol–water partition coefficient (Wildman–Crippen LogP) is 1.84. The highest BCUT2D eigenvalue weighted by molar-refractivity contribution is 5.40. The fourth-order valence-electron chi connectivity index (χ4n) is 2.75. The first-order valence-corrected chi connectivity index (χ1v) is 7.48. The van der Waals surface area contributed by atoms with E-state index in [1.54, 1.807) is 33.9 Å². The second-order valence-electron chi connectivity index (χ2n) is 5.39. The lowest BCUT2D eigenvalue weighted by molar-refractivity contribution is 0.0992. The molecular formula is C17H20N4O2. The zero-order valence-corrected chi connectivity index (χ0v) is 13.5. The zero-order chi connectivity index (χ0) is 16.4. The summed E-state index contributed by atoms with van der Waals surface area (Å²) in [4.78, 5) is 8.70. The molecule has 1 aromatic carbocycles. The van der Waals surface area contributed by atoms with Gasteiger partial charge < -0.3 is 19.0 Å². The van der Waals surface area contributed by atoms with E-state index in [1.165, 1.54) is 0 Å². The summed E-state index contributed by atoms with van der Waals surface area (Å²) < 4.78 is 9.07. The molecule has 0 radical (unpaired) electrons. The summed E-state index contributed by atoms with van der Waals surface area (Å²) in [7, 11) is 3.70. The molecule has 3 aromatic rings. The van der Waals surface area contributed by atoms with Crippen molar-refractivity contribution in [2.45, 2.75) is 12.5 Å². The van der Waals surface area contributed by atoms with Crippen molar-refractivity contribution in [3.8, 4) is 5.75 Å². The molecule has 0 aliphatic carbocycles. The Balaban J connectivity index is 2.17. The standard InChI is InChI=1S/C17H20N4O2/c1-4-23-14-7-5-13(6-8-14)17(22,15-18-9-11-20(15)2)16-19-10-12-21(16)3/h5-12,22H,4H2,1-3H3. The van der Waals surface area contributed by atoms with Crippen LogP contribution in [0.15, 0.2) is 49.1 Å². The van der Waals surface area contributed by atoms with Gasteiger partial charge in [0.2, 0.25) is 5.60 Å². The van der Waals surface area contributed by atoms with Crippen molar-refractivity contribution in [2.24, 2.45) is 14.1 Å². The first kappa shape index (κ1) is 15.3. The first-order chi connectivity index (χ1) is 11.1. The number of aliphatic hydroxyl groups is 1. The molecule has 23 heavy (non-hydrogen) atoms. The lowest BCUT2D eigenvalue weighted by Crippen LogP contribution is -2.35.